The highest BCUT2D eigenvalue weighted by Gasteiger charge is 2.64. The fourth-order valence-corrected chi connectivity index (χ4v) is 3.22. The van der Waals surface area contributed by atoms with Crippen LogP contribution in [0.25, 0.3) is 0 Å². The first-order chi connectivity index (χ1) is 9.37. The van der Waals surface area contributed by atoms with Gasteiger partial charge in [-0.15, -0.1) is 0 Å². The van der Waals surface area contributed by atoms with Crippen molar-refractivity contribution in [3.63, 3.8) is 0 Å². The van der Waals surface area contributed by atoms with Gasteiger partial charge in [0.25, 0.3) is 5.54 Å². The second-order valence-corrected chi connectivity index (χ2v) is 5.44. The van der Waals surface area contributed by atoms with E-state index in [1.807, 2.05) is 0 Å². The van der Waals surface area contributed by atoms with Crippen LogP contribution >= 0.6 is 0 Å². The van der Waals surface area contributed by atoms with Crippen LogP contribution in [-0.2, 0) is 4.74 Å². The summed E-state index contributed by atoms with van der Waals surface area (Å²) in [6.45, 7) is 0.115. The largest absolute Gasteiger partial charge is 0.501 e. The maximum absolute atomic E-state index is 11.5. The SMILES string of the molecule is COC1=C[C@]2([N+](=O)[O-])CN(CCO)C[C@]([N+](=O)[O-])(C1)C2. The zero-order chi connectivity index (χ0) is 15.0. The number of fused-ring (bicyclic) bond motifs is 2. The lowest BCUT2D eigenvalue weighted by molar-refractivity contribution is -0.620. The standard InChI is InChI=1S/C11H17N3O6/c1-20-9-4-10(13(16)17)6-11(5-9,14(18)19)8-12(7-10)2-3-15/h4,15H,2-3,5-8H2,1H3/t10-,11+/m1/s1. The second-order valence-electron chi connectivity index (χ2n) is 5.44. The summed E-state index contributed by atoms with van der Waals surface area (Å²) in [6, 6.07) is 0. The highest BCUT2D eigenvalue weighted by molar-refractivity contribution is 5.21. The smallest absolute Gasteiger partial charge is 0.263 e. The number of nitro groups is 2. The first kappa shape index (κ1) is 14.7. The van der Waals surface area contributed by atoms with Crippen LogP contribution < -0.4 is 0 Å². The molecule has 1 N–H and O–H groups in total. The summed E-state index contributed by atoms with van der Waals surface area (Å²) in [5.74, 6) is 0.285. The number of rotatable bonds is 5. The Morgan fingerprint density at radius 1 is 1.40 bits per heavy atom. The van der Waals surface area contributed by atoms with Gasteiger partial charge in [0.1, 0.15) is 5.76 Å². The number of methoxy groups -OCH3 is 1. The van der Waals surface area contributed by atoms with Gasteiger partial charge in [-0.2, -0.15) is 0 Å². The highest BCUT2D eigenvalue weighted by atomic mass is 16.6. The molecule has 0 saturated carbocycles. The van der Waals surface area contributed by atoms with Crippen LogP contribution in [0.2, 0.25) is 0 Å². The Hall–Kier alpha value is -1.74. The molecule has 9 nitrogen and oxygen atoms in total. The molecule has 1 fully saturated rings. The Labute approximate surface area is 115 Å². The van der Waals surface area contributed by atoms with Gasteiger partial charge in [0.15, 0.2) is 0 Å². The number of ether oxygens (including phenoxy) is 1. The summed E-state index contributed by atoms with van der Waals surface area (Å²) in [4.78, 5) is 23.6. The van der Waals surface area contributed by atoms with E-state index in [-0.39, 0.29) is 44.8 Å². The number of β-amino-alcohol motifs (C(OH)–C–C–N with tert-alkyl or cyclic N) is 1. The molecule has 2 rings (SSSR count). The summed E-state index contributed by atoms with van der Waals surface area (Å²) in [6.07, 6.45) is 1.28. The summed E-state index contributed by atoms with van der Waals surface area (Å²) in [7, 11) is 1.36. The van der Waals surface area contributed by atoms with Crippen molar-refractivity contribution in [3.05, 3.63) is 32.1 Å². The molecule has 2 bridgehead atoms. The van der Waals surface area contributed by atoms with Crippen LogP contribution in [0.5, 0.6) is 0 Å². The Kier molecular flexibility index (Phi) is 3.65. The lowest BCUT2D eigenvalue weighted by Crippen LogP contribution is -2.66. The molecule has 0 aromatic rings. The normalized spacial score (nSPS) is 33.4. The van der Waals surface area contributed by atoms with Gasteiger partial charge >= 0.3 is 0 Å². The fourth-order valence-electron chi connectivity index (χ4n) is 3.22. The van der Waals surface area contributed by atoms with E-state index in [1.54, 1.807) is 4.90 Å². The van der Waals surface area contributed by atoms with E-state index in [0.717, 1.165) is 0 Å². The molecular formula is C11H17N3O6. The van der Waals surface area contributed by atoms with Gasteiger partial charge in [-0.05, 0) is 0 Å². The van der Waals surface area contributed by atoms with Gasteiger partial charge in [-0.1, -0.05) is 0 Å². The van der Waals surface area contributed by atoms with Gasteiger partial charge < -0.3 is 9.84 Å². The molecule has 0 aromatic carbocycles. The van der Waals surface area contributed by atoms with Crippen molar-refractivity contribution in [1.29, 1.82) is 0 Å². The Balaban J connectivity index is 2.47. The number of piperidine rings is 1. The number of nitrogens with zero attached hydrogens (tertiary/aromatic N) is 3. The van der Waals surface area contributed by atoms with Crippen LogP contribution in [0.4, 0.5) is 0 Å². The van der Waals surface area contributed by atoms with Crippen LogP contribution in [0.15, 0.2) is 11.8 Å². The molecule has 20 heavy (non-hydrogen) atoms. The highest BCUT2D eigenvalue weighted by Crippen LogP contribution is 2.43. The zero-order valence-electron chi connectivity index (χ0n) is 11.2. The van der Waals surface area contributed by atoms with Crippen LogP contribution in [0.1, 0.15) is 12.8 Å². The number of aliphatic hydroxyl groups excluding tert-OH is 1. The van der Waals surface area contributed by atoms with Gasteiger partial charge in [-0.3, -0.25) is 25.1 Å². The number of hydrogen-bond donors (Lipinski definition) is 1. The van der Waals surface area contributed by atoms with Gasteiger partial charge in [-0.25, -0.2) is 0 Å². The van der Waals surface area contributed by atoms with E-state index < -0.39 is 20.9 Å². The first-order valence-corrected chi connectivity index (χ1v) is 6.25. The molecule has 9 heteroatoms. The average molecular weight is 287 g/mol. The van der Waals surface area contributed by atoms with Crippen LogP contribution in [0.3, 0.4) is 0 Å². The molecule has 0 aromatic heterocycles. The molecule has 1 aliphatic heterocycles. The molecule has 0 amide bonds. The molecule has 1 aliphatic carbocycles. The third kappa shape index (κ3) is 2.22. The monoisotopic (exact) mass is 287 g/mol. The molecule has 0 unspecified atom stereocenters. The zero-order valence-corrected chi connectivity index (χ0v) is 11.2. The van der Waals surface area contributed by atoms with E-state index in [1.165, 1.54) is 13.2 Å². The molecule has 0 radical (unpaired) electrons. The summed E-state index contributed by atoms with van der Waals surface area (Å²) in [5, 5.41) is 31.9. The van der Waals surface area contributed by atoms with E-state index in [0.29, 0.717) is 0 Å². The molecular weight excluding hydrogens is 270 g/mol. The first-order valence-electron chi connectivity index (χ1n) is 6.25. The maximum atomic E-state index is 11.5. The topological polar surface area (TPSA) is 119 Å². The summed E-state index contributed by atoms with van der Waals surface area (Å²) >= 11 is 0. The second kappa shape index (κ2) is 4.98. The minimum absolute atomic E-state index is 0.0357. The van der Waals surface area contributed by atoms with E-state index in [4.69, 9.17) is 9.84 Å². The van der Waals surface area contributed by atoms with Gasteiger partial charge in [0.05, 0.1) is 39.6 Å². The van der Waals surface area contributed by atoms with Crippen molar-refractivity contribution >= 4 is 0 Å². The minimum atomic E-state index is -1.52. The third-order valence-corrected chi connectivity index (χ3v) is 4.01. The predicted molar refractivity (Wildman–Crippen MR) is 67.3 cm³/mol. The lowest BCUT2D eigenvalue weighted by Gasteiger charge is -2.44. The molecule has 2 aliphatic rings. The lowest BCUT2D eigenvalue weighted by atomic mass is 9.71. The van der Waals surface area contributed by atoms with Crippen LogP contribution in [0, 0.1) is 20.2 Å². The van der Waals surface area contributed by atoms with Crippen molar-refractivity contribution < 1.29 is 19.7 Å². The molecule has 1 saturated heterocycles. The Morgan fingerprint density at radius 2 is 2.10 bits per heavy atom. The Morgan fingerprint density at radius 3 is 2.60 bits per heavy atom. The molecule has 112 valence electrons. The van der Waals surface area contributed by atoms with Crippen LogP contribution in [-0.4, -0.2) is 64.3 Å². The predicted octanol–water partition coefficient (Wildman–Crippen LogP) is -0.351. The summed E-state index contributed by atoms with van der Waals surface area (Å²) in [5.41, 5.74) is -2.95. The van der Waals surface area contributed by atoms with Gasteiger partial charge in [0.2, 0.25) is 5.54 Å². The number of hydrogen-bond acceptors (Lipinski definition) is 7. The summed E-state index contributed by atoms with van der Waals surface area (Å²) < 4.78 is 5.06. The van der Waals surface area contributed by atoms with E-state index in [9.17, 15) is 20.2 Å². The van der Waals surface area contributed by atoms with Gasteiger partial charge in [0, 0.05) is 22.5 Å². The minimum Gasteiger partial charge on any atom is -0.501 e. The molecule has 1 heterocycles. The van der Waals surface area contributed by atoms with Crippen molar-refractivity contribution in [1.82, 2.24) is 4.90 Å². The quantitative estimate of drug-likeness (QED) is 0.542. The van der Waals surface area contributed by atoms with Crippen molar-refractivity contribution in [2.45, 2.75) is 23.9 Å². The van der Waals surface area contributed by atoms with Crippen molar-refractivity contribution in [2.75, 3.05) is 33.4 Å². The van der Waals surface area contributed by atoms with E-state index in [2.05, 4.69) is 0 Å². The third-order valence-electron chi connectivity index (χ3n) is 4.01. The Bertz CT molecular complexity index is 467. The molecule has 0 spiro atoms. The van der Waals surface area contributed by atoms with E-state index >= 15 is 0 Å². The number of aliphatic hydroxyl groups is 1. The van der Waals surface area contributed by atoms with Crippen molar-refractivity contribution in [2.24, 2.45) is 0 Å². The number of likely N-dealkylation sites (tertiary alicyclic amines) is 1. The van der Waals surface area contributed by atoms with Crippen molar-refractivity contribution in [3.8, 4) is 0 Å². The molecule has 2 atom stereocenters. The average Bonchev–Trinajstić information content (AvgIpc) is 2.37. The maximum Gasteiger partial charge on any atom is 0.263 e. The fraction of sp³-hybridized carbons (Fsp3) is 0.818.